The van der Waals surface area contributed by atoms with Gasteiger partial charge in [-0.15, -0.1) is 0 Å². The van der Waals surface area contributed by atoms with Gasteiger partial charge in [0.25, 0.3) is 0 Å². The highest BCUT2D eigenvalue weighted by Gasteiger charge is 2.13. The summed E-state index contributed by atoms with van der Waals surface area (Å²) in [4.78, 5) is 0. The largest absolute Gasteiger partial charge is 0.207 e. The molecule has 0 bridgehead atoms. The lowest BCUT2D eigenvalue weighted by Gasteiger charge is -2.17. The molecule has 0 unspecified atom stereocenters. The van der Waals surface area contributed by atoms with Gasteiger partial charge in [-0.05, 0) is 31.5 Å². The van der Waals surface area contributed by atoms with E-state index < -0.39 is 0 Å². The molecule has 0 nitrogen and oxygen atoms in total. The SMILES string of the molecule is CC(C)(S)c1ccc(F)cc1. The third-order valence-electron chi connectivity index (χ3n) is 1.55. The molecule has 2 heteroatoms. The molecule has 0 fully saturated rings. The van der Waals surface area contributed by atoms with E-state index in [4.69, 9.17) is 0 Å². The summed E-state index contributed by atoms with van der Waals surface area (Å²) in [6.07, 6.45) is 0. The van der Waals surface area contributed by atoms with Crippen LogP contribution >= 0.6 is 12.6 Å². The van der Waals surface area contributed by atoms with Gasteiger partial charge in [0.15, 0.2) is 0 Å². The van der Waals surface area contributed by atoms with Crippen molar-refractivity contribution in [3.8, 4) is 0 Å². The molecule has 0 atom stereocenters. The molecule has 60 valence electrons. The van der Waals surface area contributed by atoms with Crippen LogP contribution in [0.15, 0.2) is 24.3 Å². The van der Waals surface area contributed by atoms with Crippen LogP contribution in [-0.2, 0) is 4.75 Å². The number of hydrogen-bond acceptors (Lipinski definition) is 1. The van der Waals surface area contributed by atoms with Gasteiger partial charge >= 0.3 is 0 Å². The Balaban J connectivity index is 2.99. The van der Waals surface area contributed by atoms with E-state index in [-0.39, 0.29) is 10.6 Å². The number of benzene rings is 1. The Kier molecular flexibility index (Phi) is 2.23. The molecule has 0 saturated heterocycles. The van der Waals surface area contributed by atoms with E-state index in [1.807, 2.05) is 13.8 Å². The second-order valence-corrected chi connectivity index (χ2v) is 4.18. The fourth-order valence-electron chi connectivity index (χ4n) is 0.858. The Morgan fingerprint density at radius 1 is 1.18 bits per heavy atom. The summed E-state index contributed by atoms with van der Waals surface area (Å²) >= 11 is 4.36. The van der Waals surface area contributed by atoms with E-state index >= 15 is 0 Å². The van der Waals surface area contributed by atoms with Gasteiger partial charge in [0.05, 0.1) is 0 Å². The van der Waals surface area contributed by atoms with Crippen molar-refractivity contribution < 1.29 is 4.39 Å². The van der Waals surface area contributed by atoms with Crippen LogP contribution in [-0.4, -0.2) is 0 Å². The summed E-state index contributed by atoms with van der Waals surface area (Å²) in [5.41, 5.74) is 1.03. The molecule has 0 aliphatic carbocycles. The van der Waals surface area contributed by atoms with Crippen molar-refractivity contribution in [2.45, 2.75) is 18.6 Å². The zero-order chi connectivity index (χ0) is 8.48. The summed E-state index contributed by atoms with van der Waals surface area (Å²) in [5, 5.41) is 0. The molecule has 0 spiro atoms. The lowest BCUT2D eigenvalue weighted by molar-refractivity contribution is 0.625. The van der Waals surface area contributed by atoms with Gasteiger partial charge in [0.2, 0.25) is 0 Å². The Morgan fingerprint density at radius 3 is 2.00 bits per heavy atom. The standard InChI is InChI=1S/C9H11FS/c1-9(2,11)7-3-5-8(10)6-4-7/h3-6,11H,1-2H3. The summed E-state index contributed by atoms with van der Waals surface area (Å²) in [5.74, 6) is -0.202. The van der Waals surface area contributed by atoms with Gasteiger partial charge in [-0.25, -0.2) is 4.39 Å². The smallest absolute Gasteiger partial charge is 0.123 e. The van der Waals surface area contributed by atoms with Crippen LogP contribution < -0.4 is 0 Å². The van der Waals surface area contributed by atoms with Gasteiger partial charge in [0, 0.05) is 4.75 Å². The monoisotopic (exact) mass is 170 g/mol. The molecule has 11 heavy (non-hydrogen) atoms. The topological polar surface area (TPSA) is 0 Å². The number of thiol groups is 1. The Hall–Kier alpha value is -0.500. The maximum absolute atomic E-state index is 12.4. The first-order chi connectivity index (χ1) is 5.00. The molecule has 0 aromatic heterocycles. The number of halogens is 1. The molecule has 0 N–H and O–H groups in total. The van der Waals surface area contributed by atoms with Crippen LogP contribution in [0.2, 0.25) is 0 Å². The fraction of sp³-hybridized carbons (Fsp3) is 0.333. The van der Waals surface area contributed by atoms with E-state index in [0.717, 1.165) is 5.56 Å². The Morgan fingerprint density at radius 2 is 1.64 bits per heavy atom. The van der Waals surface area contributed by atoms with Gasteiger partial charge in [0.1, 0.15) is 5.82 Å². The predicted molar refractivity (Wildman–Crippen MR) is 48.4 cm³/mol. The average Bonchev–Trinajstić information content (AvgIpc) is 1.86. The second kappa shape index (κ2) is 2.86. The second-order valence-electron chi connectivity index (χ2n) is 3.07. The third kappa shape index (κ3) is 2.22. The van der Waals surface area contributed by atoms with E-state index in [1.165, 1.54) is 12.1 Å². The summed E-state index contributed by atoms with van der Waals surface area (Å²) < 4.78 is 12.3. The van der Waals surface area contributed by atoms with Crippen LogP contribution in [0.25, 0.3) is 0 Å². The van der Waals surface area contributed by atoms with E-state index in [0.29, 0.717) is 0 Å². The molecule has 0 heterocycles. The predicted octanol–water partition coefficient (Wildman–Crippen LogP) is 2.99. The van der Waals surface area contributed by atoms with Crippen LogP contribution in [0.5, 0.6) is 0 Å². The highest BCUT2D eigenvalue weighted by molar-refractivity contribution is 7.81. The summed E-state index contributed by atoms with van der Waals surface area (Å²) in [6.45, 7) is 3.95. The molecular weight excluding hydrogens is 159 g/mol. The highest BCUT2D eigenvalue weighted by atomic mass is 32.1. The Bertz CT molecular complexity index is 233. The van der Waals surface area contributed by atoms with Crippen molar-refractivity contribution in [3.05, 3.63) is 35.6 Å². The molecule has 1 rings (SSSR count). The van der Waals surface area contributed by atoms with Crippen molar-refractivity contribution in [1.82, 2.24) is 0 Å². The zero-order valence-corrected chi connectivity index (χ0v) is 7.53. The van der Waals surface area contributed by atoms with Gasteiger partial charge in [-0.1, -0.05) is 12.1 Å². The van der Waals surface area contributed by atoms with Gasteiger partial charge in [-0.2, -0.15) is 12.6 Å². The molecule has 0 aliphatic heterocycles. The van der Waals surface area contributed by atoms with E-state index in [2.05, 4.69) is 12.6 Å². The normalized spacial score (nSPS) is 11.6. The summed E-state index contributed by atoms with van der Waals surface area (Å²) in [6, 6.07) is 6.41. The first kappa shape index (κ1) is 8.60. The van der Waals surface area contributed by atoms with Crippen molar-refractivity contribution in [2.24, 2.45) is 0 Å². The van der Waals surface area contributed by atoms with E-state index in [9.17, 15) is 4.39 Å². The number of hydrogen-bond donors (Lipinski definition) is 1. The lowest BCUT2D eigenvalue weighted by atomic mass is 10.0. The minimum absolute atomic E-state index is 0.187. The minimum Gasteiger partial charge on any atom is -0.207 e. The maximum Gasteiger partial charge on any atom is 0.123 e. The zero-order valence-electron chi connectivity index (χ0n) is 6.63. The van der Waals surface area contributed by atoms with E-state index in [1.54, 1.807) is 12.1 Å². The van der Waals surface area contributed by atoms with Crippen molar-refractivity contribution in [2.75, 3.05) is 0 Å². The molecule has 1 aromatic carbocycles. The fourth-order valence-corrected chi connectivity index (χ4v) is 1.01. The van der Waals surface area contributed by atoms with Crippen LogP contribution in [0.4, 0.5) is 4.39 Å². The van der Waals surface area contributed by atoms with Gasteiger partial charge < -0.3 is 0 Å². The van der Waals surface area contributed by atoms with Crippen LogP contribution in [0.3, 0.4) is 0 Å². The van der Waals surface area contributed by atoms with Gasteiger partial charge in [-0.3, -0.25) is 0 Å². The number of rotatable bonds is 1. The average molecular weight is 170 g/mol. The first-order valence-electron chi connectivity index (χ1n) is 3.48. The van der Waals surface area contributed by atoms with Crippen molar-refractivity contribution in [1.29, 1.82) is 0 Å². The van der Waals surface area contributed by atoms with Crippen LogP contribution in [0.1, 0.15) is 19.4 Å². The van der Waals surface area contributed by atoms with Crippen molar-refractivity contribution in [3.63, 3.8) is 0 Å². The minimum atomic E-state index is -0.202. The summed E-state index contributed by atoms with van der Waals surface area (Å²) in [7, 11) is 0. The molecule has 0 aliphatic rings. The quantitative estimate of drug-likeness (QED) is 0.615. The molecule has 0 saturated carbocycles. The molecule has 0 amide bonds. The molecular formula is C9H11FS. The molecule has 0 radical (unpaired) electrons. The van der Waals surface area contributed by atoms with Crippen LogP contribution in [0, 0.1) is 5.82 Å². The van der Waals surface area contributed by atoms with Crippen molar-refractivity contribution >= 4 is 12.6 Å². The maximum atomic E-state index is 12.4. The first-order valence-corrected chi connectivity index (χ1v) is 3.93. The Labute approximate surface area is 71.8 Å². The molecule has 1 aromatic rings. The highest BCUT2D eigenvalue weighted by Crippen LogP contribution is 2.26. The lowest BCUT2D eigenvalue weighted by Crippen LogP contribution is -2.06. The third-order valence-corrected chi connectivity index (χ3v) is 1.81.